The van der Waals surface area contributed by atoms with Crippen molar-refractivity contribution in [3.8, 4) is 0 Å². The van der Waals surface area contributed by atoms with Gasteiger partial charge in [0, 0.05) is 6.42 Å². The lowest BCUT2D eigenvalue weighted by molar-refractivity contribution is -0.107. The lowest BCUT2D eigenvalue weighted by Crippen LogP contribution is -2.03. The number of aldehydes is 1. The zero-order valence-corrected chi connectivity index (χ0v) is 7.99. The van der Waals surface area contributed by atoms with Crippen molar-refractivity contribution in [1.29, 1.82) is 0 Å². The molecular formula is C11H12O3. The van der Waals surface area contributed by atoms with Crippen molar-refractivity contribution in [3.05, 3.63) is 34.9 Å². The van der Waals surface area contributed by atoms with Crippen LogP contribution in [-0.2, 0) is 11.2 Å². The molecule has 0 unspecified atom stereocenters. The molecule has 0 aliphatic heterocycles. The molecule has 0 saturated carbocycles. The van der Waals surface area contributed by atoms with Crippen LogP contribution in [0.5, 0.6) is 0 Å². The Morgan fingerprint density at radius 3 is 2.79 bits per heavy atom. The number of carbonyl (C=O) groups excluding carboxylic acids is 1. The lowest BCUT2D eigenvalue weighted by Gasteiger charge is -2.04. The second-order valence-electron chi connectivity index (χ2n) is 3.17. The molecule has 3 heteroatoms. The molecule has 3 nitrogen and oxygen atoms in total. The Bertz CT molecular complexity index is 356. The molecule has 0 spiro atoms. The molecule has 1 N–H and O–H groups in total. The summed E-state index contributed by atoms with van der Waals surface area (Å²) in [5, 5.41) is 8.87. The van der Waals surface area contributed by atoms with Crippen molar-refractivity contribution in [3.63, 3.8) is 0 Å². The van der Waals surface area contributed by atoms with Crippen molar-refractivity contribution in [1.82, 2.24) is 0 Å². The highest BCUT2D eigenvalue weighted by Crippen LogP contribution is 2.13. The maximum absolute atomic E-state index is 10.8. The molecule has 0 aliphatic rings. The van der Waals surface area contributed by atoms with Crippen molar-refractivity contribution >= 4 is 12.3 Å². The zero-order valence-electron chi connectivity index (χ0n) is 7.99. The fraction of sp³-hybridized carbons (Fsp3) is 0.273. The summed E-state index contributed by atoms with van der Waals surface area (Å²) in [6.45, 7) is 1.90. The Morgan fingerprint density at radius 2 is 2.21 bits per heavy atom. The van der Waals surface area contributed by atoms with E-state index in [1.165, 1.54) is 0 Å². The van der Waals surface area contributed by atoms with E-state index in [2.05, 4.69) is 0 Å². The number of aromatic carboxylic acids is 1. The van der Waals surface area contributed by atoms with E-state index < -0.39 is 5.97 Å². The maximum Gasteiger partial charge on any atom is 0.335 e. The average molecular weight is 192 g/mol. The quantitative estimate of drug-likeness (QED) is 0.740. The first-order valence-electron chi connectivity index (χ1n) is 4.41. The normalized spacial score (nSPS) is 9.79. The molecule has 0 radical (unpaired) electrons. The molecule has 0 bridgehead atoms. The zero-order chi connectivity index (χ0) is 10.6. The molecule has 1 aromatic rings. The van der Waals surface area contributed by atoms with Crippen LogP contribution >= 0.6 is 0 Å². The third-order valence-electron chi connectivity index (χ3n) is 2.02. The number of carbonyl (C=O) groups is 2. The van der Waals surface area contributed by atoms with E-state index in [9.17, 15) is 9.59 Å². The summed E-state index contributed by atoms with van der Waals surface area (Å²) in [6, 6.07) is 5.15. The summed E-state index contributed by atoms with van der Waals surface area (Å²) in [4.78, 5) is 21.0. The van der Waals surface area contributed by atoms with Crippen LogP contribution in [0.3, 0.4) is 0 Å². The fourth-order valence-corrected chi connectivity index (χ4v) is 1.35. The molecule has 0 saturated heterocycles. The fourth-order valence-electron chi connectivity index (χ4n) is 1.35. The average Bonchev–Trinajstić information content (AvgIpc) is 2.14. The van der Waals surface area contributed by atoms with Gasteiger partial charge < -0.3 is 9.90 Å². The SMILES string of the molecule is Cc1ccc(C(=O)O)c(CCC=O)c1. The number of rotatable bonds is 4. The van der Waals surface area contributed by atoms with Crippen LogP contribution in [0.25, 0.3) is 0 Å². The minimum atomic E-state index is -0.939. The molecule has 0 atom stereocenters. The van der Waals surface area contributed by atoms with Crippen LogP contribution in [0.1, 0.15) is 27.9 Å². The van der Waals surface area contributed by atoms with Gasteiger partial charge in [0.05, 0.1) is 5.56 Å². The summed E-state index contributed by atoms with van der Waals surface area (Å²) in [5.74, 6) is -0.939. The van der Waals surface area contributed by atoms with Gasteiger partial charge in [0.15, 0.2) is 0 Å². The van der Waals surface area contributed by atoms with Gasteiger partial charge in [-0.3, -0.25) is 0 Å². The van der Waals surface area contributed by atoms with E-state index >= 15 is 0 Å². The molecule has 1 rings (SSSR count). The van der Waals surface area contributed by atoms with Crippen LogP contribution in [0.2, 0.25) is 0 Å². The Morgan fingerprint density at radius 1 is 1.50 bits per heavy atom. The number of carboxylic acid groups (broad SMARTS) is 1. The summed E-state index contributed by atoms with van der Waals surface area (Å²) < 4.78 is 0. The number of benzene rings is 1. The van der Waals surface area contributed by atoms with E-state index in [-0.39, 0.29) is 5.56 Å². The largest absolute Gasteiger partial charge is 0.478 e. The number of hydrogen-bond donors (Lipinski definition) is 1. The molecule has 0 aliphatic carbocycles. The first kappa shape index (κ1) is 10.4. The maximum atomic E-state index is 10.8. The van der Waals surface area contributed by atoms with Crippen LogP contribution < -0.4 is 0 Å². The molecule has 74 valence electrons. The van der Waals surface area contributed by atoms with Crippen LogP contribution in [-0.4, -0.2) is 17.4 Å². The standard InChI is InChI=1S/C11H12O3/c1-8-4-5-10(11(13)14)9(7-8)3-2-6-12/h4-7H,2-3H2,1H3,(H,13,14). The molecule has 1 aromatic carbocycles. The van der Waals surface area contributed by atoms with Gasteiger partial charge in [-0.1, -0.05) is 17.7 Å². The van der Waals surface area contributed by atoms with Crippen molar-refractivity contribution in [2.45, 2.75) is 19.8 Å². The predicted octanol–water partition coefficient (Wildman–Crippen LogP) is 1.82. The molecule has 0 heterocycles. The smallest absolute Gasteiger partial charge is 0.335 e. The van der Waals surface area contributed by atoms with Crippen molar-refractivity contribution in [2.75, 3.05) is 0 Å². The first-order valence-corrected chi connectivity index (χ1v) is 4.41. The Hall–Kier alpha value is -1.64. The van der Waals surface area contributed by atoms with Gasteiger partial charge in [-0.2, -0.15) is 0 Å². The number of hydrogen-bond acceptors (Lipinski definition) is 2. The molecular weight excluding hydrogens is 180 g/mol. The first-order chi connectivity index (χ1) is 6.65. The minimum Gasteiger partial charge on any atom is -0.478 e. The Kier molecular flexibility index (Phi) is 3.40. The second kappa shape index (κ2) is 4.56. The van der Waals surface area contributed by atoms with E-state index in [0.29, 0.717) is 12.8 Å². The third-order valence-corrected chi connectivity index (χ3v) is 2.02. The summed E-state index contributed by atoms with van der Waals surface area (Å²) in [7, 11) is 0. The predicted molar refractivity (Wildman–Crippen MR) is 52.5 cm³/mol. The molecule has 0 aromatic heterocycles. The minimum absolute atomic E-state index is 0.289. The number of carboxylic acids is 1. The molecule has 0 amide bonds. The molecule has 14 heavy (non-hydrogen) atoms. The highest BCUT2D eigenvalue weighted by atomic mass is 16.4. The van der Waals surface area contributed by atoms with E-state index in [0.717, 1.165) is 17.4 Å². The van der Waals surface area contributed by atoms with E-state index in [1.54, 1.807) is 12.1 Å². The van der Waals surface area contributed by atoms with Gasteiger partial charge in [-0.25, -0.2) is 4.79 Å². The van der Waals surface area contributed by atoms with Crippen LogP contribution in [0, 0.1) is 6.92 Å². The third kappa shape index (κ3) is 2.42. The Balaban J connectivity index is 3.02. The van der Waals surface area contributed by atoms with Gasteiger partial charge in [-0.15, -0.1) is 0 Å². The topological polar surface area (TPSA) is 54.4 Å². The van der Waals surface area contributed by atoms with Gasteiger partial charge in [0.25, 0.3) is 0 Å². The highest BCUT2D eigenvalue weighted by molar-refractivity contribution is 5.89. The lowest BCUT2D eigenvalue weighted by atomic mass is 10.0. The van der Waals surface area contributed by atoms with Crippen molar-refractivity contribution in [2.24, 2.45) is 0 Å². The number of aryl methyl sites for hydroxylation is 2. The summed E-state index contributed by atoms with van der Waals surface area (Å²) in [5.41, 5.74) is 2.03. The summed E-state index contributed by atoms with van der Waals surface area (Å²) in [6.07, 6.45) is 1.66. The van der Waals surface area contributed by atoms with E-state index in [1.807, 2.05) is 13.0 Å². The monoisotopic (exact) mass is 192 g/mol. The van der Waals surface area contributed by atoms with Gasteiger partial charge in [0.2, 0.25) is 0 Å². The highest BCUT2D eigenvalue weighted by Gasteiger charge is 2.08. The summed E-state index contributed by atoms with van der Waals surface area (Å²) >= 11 is 0. The van der Waals surface area contributed by atoms with Crippen molar-refractivity contribution < 1.29 is 14.7 Å². The Labute approximate surface area is 82.4 Å². The second-order valence-corrected chi connectivity index (χ2v) is 3.17. The van der Waals surface area contributed by atoms with E-state index in [4.69, 9.17) is 5.11 Å². The van der Waals surface area contributed by atoms with Gasteiger partial charge in [0.1, 0.15) is 6.29 Å². The van der Waals surface area contributed by atoms with Gasteiger partial charge in [-0.05, 0) is 25.0 Å². The van der Waals surface area contributed by atoms with Gasteiger partial charge >= 0.3 is 5.97 Å². The van der Waals surface area contributed by atoms with Crippen LogP contribution in [0.4, 0.5) is 0 Å². The molecule has 0 fully saturated rings. The van der Waals surface area contributed by atoms with Crippen LogP contribution in [0.15, 0.2) is 18.2 Å².